The number of aliphatic hydroxyl groups is 3. The summed E-state index contributed by atoms with van der Waals surface area (Å²) in [6.07, 6.45) is 31.2. The van der Waals surface area contributed by atoms with E-state index in [0.717, 1.165) is 106 Å². The minimum Gasteiger partial charge on any atom is -0.463 e. The van der Waals surface area contributed by atoms with Crippen LogP contribution in [-0.4, -0.2) is 64.7 Å². The molecule has 1 aliphatic heterocycles. The van der Waals surface area contributed by atoms with Crippen molar-refractivity contribution in [1.82, 2.24) is 0 Å². The molecule has 4 aliphatic carbocycles. The first-order chi connectivity index (χ1) is 28.8. The monoisotopic (exact) mass is 839 g/mol. The van der Waals surface area contributed by atoms with Gasteiger partial charge in [-0.25, -0.2) is 0 Å². The molecule has 0 aromatic rings. The molecule has 7 heteroatoms. The largest absolute Gasteiger partial charge is 0.463 e. The lowest BCUT2D eigenvalue weighted by Crippen LogP contribution is -2.60. The molecule has 0 aromatic heterocycles. The number of allylic oxidation sites excluding steroid dienone is 5. The van der Waals surface area contributed by atoms with Crippen molar-refractivity contribution < 1.29 is 34.3 Å². The molecule has 60 heavy (non-hydrogen) atoms. The molecule has 0 spiro atoms. The van der Waals surface area contributed by atoms with Crippen LogP contribution in [0.1, 0.15) is 196 Å². The van der Waals surface area contributed by atoms with E-state index in [1.807, 2.05) is 0 Å². The van der Waals surface area contributed by atoms with Gasteiger partial charge in [0.05, 0.1) is 6.10 Å². The van der Waals surface area contributed by atoms with Crippen molar-refractivity contribution >= 4 is 5.97 Å². The maximum absolute atomic E-state index is 12.6. The van der Waals surface area contributed by atoms with E-state index in [1.165, 1.54) is 76.2 Å². The zero-order chi connectivity index (χ0) is 43.3. The Morgan fingerprint density at radius 2 is 1.55 bits per heavy atom. The molecule has 5 aliphatic rings. The highest BCUT2D eigenvalue weighted by molar-refractivity contribution is 5.69. The highest BCUT2D eigenvalue weighted by Gasteiger charge is 2.59. The Morgan fingerprint density at radius 1 is 0.833 bits per heavy atom. The zero-order valence-corrected chi connectivity index (χ0v) is 39.3. The number of aliphatic hydroxyl groups excluding tert-OH is 3. The van der Waals surface area contributed by atoms with Crippen LogP contribution in [0.2, 0.25) is 0 Å². The van der Waals surface area contributed by atoms with Crippen LogP contribution < -0.4 is 0 Å². The molecule has 1 saturated heterocycles. The Hall–Kier alpha value is -1.51. The lowest BCUT2D eigenvalue weighted by Gasteiger charge is -2.58. The van der Waals surface area contributed by atoms with Gasteiger partial charge in [0.2, 0.25) is 0 Å². The van der Waals surface area contributed by atoms with E-state index in [2.05, 4.69) is 78.8 Å². The zero-order valence-electron chi connectivity index (χ0n) is 39.3. The Kier molecular flexibility index (Phi) is 19.8. The Labute approximate surface area is 367 Å². The number of carbonyl (C=O) groups is 1. The lowest BCUT2D eigenvalue weighted by molar-refractivity contribution is -0.313. The summed E-state index contributed by atoms with van der Waals surface area (Å²) in [6, 6.07) is 0. The maximum atomic E-state index is 12.6. The number of fused-ring (bicyclic) bond motifs is 5. The van der Waals surface area contributed by atoms with Crippen LogP contribution in [0.4, 0.5) is 0 Å². The summed E-state index contributed by atoms with van der Waals surface area (Å²) in [7, 11) is 0. The number of rotatable bonds is 24. The Bertz CT molecular complexity index is 1370. The third-order valence-electron chi connectivity index (χ3n) is 17.0. The molecular weight excluding hydrogens is 749 g/mol. The van der Waals surface area contributed by atoms with Crippen LogP contribution in [0, 0.1) is 52.3 Å². The SMILES string of the molecule is CCCCC/C=C\C/C=C\CCCCCCCC(=O)OC[C@H]1O[C@@H](O[C@H]2CC[C@@]3(C)C(=CC[C@H]4[C@@H]5CC[C@H]([C@H](C)CC[C@@H](CC)C(C)C)[C@@]5(C)CC[C@@H]43)C2)[C@H](O)[C@@H](O)[C@@H]1O. The molecule has 344 valence electrons. The van der Waals surface area contributed by atoms with E-state index in [-0.39, 0.29) is 24.1 Å². The lowest BCUT2D eigenvalue weighted by atomic mass is 9.47. The standard InChI is InChI=1S/C53H90O7/c1-8-10-11-12-13-14-15-16-17-18-19-20-21-22-23-24-47(54)58-36-46-48(55)49(56)50(57)51(60-46)59-41-31-33-52(6)40(35-41)27-28-42-44-30-29-43(53(44,7)34-32-45(42)52)38(5)25-26-39(9-2)37(3)4/h13-14,16-17,27,37-39,41-46,48-51,55-57H,8-12,15,18-26,28-36H2,1-7H3/b14-13-,17-16-/t38-,39-,41+,42+,43-,44+,45+,46-,48-,49+,50-,51-,52+,53-/m1/s1. The van der Waals surface area contributed by atoms with Crippen LogP contribution in [0.15, 0.2) is 36.0 Å². The van der Waals surface area contributed by atoms with E-state index in [4.69, 9.17) is 14.2 Å². The molecule has 0 radical (unpaired) electrons. The van der Waals surface area contributed by atoms with Gasteiger partial charge in [-0.15, -0.1) is 0 Å². The average Bonchev–Trinajstić information content (AvgIpc) is 3.59. The minimum atomic E-state index is -1.45. The van der Waals surface area contributed by atoms with Gasteiger partial charge in [0, 0.05) is 6.42 Å². The summed E-state index contributed by atoms with van der Waals surface area (Å²) in [5.41, 5.74) is 2.12. The van der Waals surface area contributed by atoms with Crippen LogP contribution in [0.25, 0.3) is 0 Å². The van der Waals surface area contributed by atoms with Crippen molar-refractivity contribution in [2.75, 3.05) is 6.61 Å². The molecule has 5 rings (SSSR count). The smallest absolute Gasteiger partial charge is 0.305 e. The number of carbonyl (C=O) groups excluding carboxylic acids is 1. The van der Waals surface area contributed by atoms with E-state index in [1.54, 1.807) is 0 Å². The molecule has 0 amide bonds. The average molecular weight is 839 g/mol. The Morgan fingerprint density at radius 3 is 2.27 bits per heavy atom. The molecule has 4 fully saturated rings. The minimum absolute atomic E-state index is 0.146. The second kappa shape index (κ2) is 24.0. The first-order valence-corrected chi connectivity index (χ1v) is 25.3. The fourth-order valence-electron chi connectivity index (χ4n) is 13.1. The molecule has 3 saturated carbocycles. The van der Waals surface area contributed by atoms with Crippen molar-refractivity contribution in [1.29, 1.82) is 0 Å². The number of hydrogen-bond donors (Lipinski definition) is 3. The molecule has 14 atom stereocenters. The van der Waals surface area contributed by atoms with Crippen molar-refractivity contribution in [2.45, 2.75) is 233 Å². The third kappa shape index (κ3) is 12.6. The predicted octanol–water partition coefficient (Wildman–Crippen LogP) is 12.2. The Balaban J connectivity index is 1.03. The highest BCUT2D eigenvalue weighted by atomic mass is 16.7. The molecule has 1 heterocycles. The number of ether oxygens (including phenoxy) is 3. The van der Waals surface area contributed by atoms with Crippen molar-refractivity contribution in [2.24, 2.45) is 52.3 Å². The van der Waals surface area contributed by atoms with Crippen molar-refractivity contribution in [3.05, 3.63) is 36.0 Å². The van der Waals surface area contributed by atoms with Gasteiger partial charge in [-0.2, -0.15) is 0 Å². The van der Waals surface area contributed by atoms with Crippen molar-refractivity contribution in [3.63, 3.8) is 0 Å². The van der Waals surface area contributed by atoms with Crippen LogP contribution in [0.5, 0.6) is 0 Å². The normalized spacial score (nSPS) is 36.5. The third-order valence-corrected chi connectivity index (χ3v) is 17.0. The van der Waals surface area contributed by atoms with Gasteiger partial charge < -0.3 is 29.5 Å². The summed E-state index contributed by atoms with van der Waals surface area (Å²) < 4.78 is 18.0. The maximum Gasteiger partial charge on any atom is 0.305 e. The van der Waals surface area contributed by atoms with Gasteiger partial charge in [0.15, 0.2) is 6.29 Å². The number of unbranched alkanes of at least 4 members (excludes halogenated alkanes) is 8. The van der Waals surface area contributed by atoms with E-state index in [9.17, 15) is 20.1 Å². The number of hydrogen-bond acceptors (Lipinski definition) is 7. The second-order valence-corrected chi connectivity index (χ2v) is 21.1. The van der Waals surface area contributed by atoms with E-state index < -0.39 is 30.7 Å². The fourth-order valence-corrected chi connectivity index (χ4v) is 13.1. The van der Waals surface area contributed by atoms with Crippen LogP contribution >= 0.6 is 0 Å². The van der Waals surface area contributed by atoms with Gasteiger partial charge in [-0.05, 0) is 149 Å². The summed E-state index contributed by atoms with van der Waals surface area (Å²) >= 11 is 0. The van der Waals surface area contributed by atoms with Gasteiger partial charge in [0.1, 0.15) is 31.0 Å². The second-order valence-electron chi connectivity index (χ2n) is 21.1. The van der Waals surface area contributed by atoms with Gasteiger partial charge in [0.25, 0.3) is 0 Å². The summed E-state index contributed by atoms with van der Waals surface area (Å²) in [5.74, 6) is 5.20. The van der Waals surface area contributed by atoms with Crippen molar-refractivity contribution in [3.8, 4) is 0 Å². The summed E-state index contributed by atoms with van der Waals surface area (Å²) in [6.45, 7) is 17.0. The number of esters is 1. The molecule has 3 N–H and O–H groups in total. The van der Waals surface area contributed by atoms with Crippen LogP contribution in [-0.2, 0) is 19.0 Å². The van der Waals surface area contributed by atoms with E-state index >= 15 is 0 Å². The van der Waals surface area contributed by atoms with Crippen LogP contribution in [0.3, 0.4) is 0 Å². The fraction of sp³-hybridized carbons (Fsp3) is 0.868. The topological polar surface area (TPSA) is 105 Å². The van der Waals surface area contributed by atoms with Gasteiger partial charge >= 0.3 is 5.97 Å². The first kappa shape index (κ1) is 49.5. The molecule has 0 aromatic carbocycles. The van der Waals surface area contributed by atoms with E-state index in [0.29, 0.717) is 17.8 Å². The molecular formula is C53H90O7. The predicted molar refractivity (Wildman–Crippen MR) is 244 cm³/mol. The van der Waals surface area contributed by atoms with Gasteiger partial charge in [-0.1, -0.05) is 129 Å². The summed E-state index contributed by atoms with van der Waals surface area (Å²) in [5, 5.41) is 32.5. The first-order valence-electron chi connectivity index (χ1n) is 25.3. The highest BCUT2D eigenvalue weighted by Crippen LogP contribution is 2.67. The van der Waals surface area contributed by atoms with Gasteiger partial charge in [-0.3, -0.25) is 4.79 Å². The summed E-state index contributed by atoms with van der Waals surface area (Å²) in [4.78, 5) is 12.6. The molecule has 7 nitrogen and oxygen atoms in total. The quantitative estimate of drug-likeness (QED) is 0.0505. The molecule has 0 unspecified atom stereocenters. The molecule has 0 bridgehead atoms.